The van der Waals surface area contributed by atoms with Crippen molar-refractivity contribution < 1.29 is 31.5 Å². The molecule has 3 unspecified atom stereocenters. The van der Waals surface area contributed by atoms with Crippen molar-refractivity contribution in [2.24, 2.45) is 0 Å². The lowest BCUT2D eigenvalue weighted by Gasteiger charge is -2.26. The van der Waals surface area contributed by atoms with Gasteiger partial charge in [0.15, 0.2) is 5.69 Å². The number of hydrogen-bond donors (Lipinski definition) is 1. The Morgan fingerprint density at radius 3 is 2.42 bits per heavy atom. The molecule has 0 saturated carbocycles. The van der Waals surface area contributed by atoms with Crippen LogP contribution in [-0.2, 0) is 22.3 Å². The average Bonchev–Trinajstić information content (AvgIpc) is 3.49. The van der Waals surface area contributed by atoms with Crippen LogP contribution in [0.5, 0.6) is 0 Å². The molecule has 0 bridgehead atoms. The van der Waals surface area contributed by atoms with Crippen molar-refractivity contribution in [1.29, 1.82) is 0 Å². The first-order chi connectivity index (χ1) is 17.9. The molecule has 0 aliphatic carbocycles. The highest BCUT2D eigenvalue weighted by molar-refractivity contribution is 5.88. The number of nitrogens with one attached hydrogen (secondary N) is 1. The van der Waals surface area contributed by atoms with Gasteiger partial charge in [0, 0.05) is 18.2 Å². The fraction of sp³-hybridized carbons (Fsp3) is 0.385. The lowest BCUT2D eigenvalue weighted by molar-refractivity contribution is -0.142. The third-order valence-electron chi connectivity index (χ3n) is 6.34. The average molecular weight is 536 g/mol. The summed E-state index contributed by atoms with van der Waals surface area (Å²) in [5.74, 6) is -2.24. The molecular formula is C26H26F5N5O2. The number of hydrogen-bond acceptors (Lipinski definition) is 4. The molecule has 1 aliphatic rings. The molecule has 1 aromatic carbocycles. The number of alkyl halides is 4. The Kier molecular flexibility index (Phi) is 7.79. The molecule has 1 saturated heterocycles. The number of pyridine rings is 1. The van der Waals surface area contributed by atoms with Gasteiger partial charge in [0.2, 0.25) is 17.8 Å². The Labute approximate surface area is 215 Å². The maximum absolute atomic E-state index is 14.7. The van der Waals surface area contributed by atoms with E-state index in [4.69, 9.17) is 0 Å². The number of halogens is 5. The van der Waals surface area contributed by atoms with Crippen LogP contribution in [-0.4, -0.2) is 50.2 Å². The minimum Gasteiger partial charge on any atom is -0.342 e. The van der Waals surface area contributed by atoms with Crippen LogP contribution < -0.4 is 5.32 Å². The number of amides is 2. The van der Waals surface area contributed by atoms with Gasteiger partial charge in [-0.2, -0.15) is 22.7 Å². The van der Waals surface area contributed by atoms with E-state index >= 15 is 0 Å². The molecular weight excluding hydrogens is 509 g/mol. The lowest BCUT2D eigenvalue weighted by Crippen LogP contribution is -2.48. The number of carbonyl (C=O) groups is 2. The second-order valence-corrected chi connectivity index (χ2v) is 9.41. The minimum absolute atomic E-state index is 0.108. The Morgan fingerprint density at radius 1 is 1.11 bits per heavy atom. The largest absolute Gasteiger partial charge is 0.435 e. The van der Waals surface area contributed by atoms with Gasteiger partial charge >= 0.3 is 6.18 Å². The van der Waals surface area contributed by atoms with Crippen LogP contribution in [0.4, 0.5) is 22.0 Å². The maximum atomic E-state index is 14.7. The molecule has 0 spiro atoms. The number of likely N-dealkylation sites (tertiary alicyclic amines) is 1. The van der Waals surface area contributed by atoms with E-state index < -0.39 is 61.0 Å². The van der Waals surface area contributed by atoms with Gasteiger partial charge in [-0.25, -0.2) is 9.37 Å². The summed E-state index contributed by atoms with van der Waals surface area (Å²) >= 11 is 0. The van der Waals surface area contributed by atoms with Gasteiger partial charge in [-0.15, -0.1) is 0 Å². The molecule has 202 valence electrons. The normalized spacial score (nSPS) is 18.6. The van der Waals surface area contributed by atoms with Gasteiger partial charge in [-0.05, 0) is 23.6 Å². The zero-order chi connectivity index (χ0) is 27.6. The lowest BCUT2D eigenvalue weighted by atomic mass is 9.99. The quantitative estimate of drug-likeness (QED) is 0.359. The van der Waals surface area contributed by atoms with Gasteiger partial charge in [0.25, 0.3) is 0 Å². The van der Waals surface area contributed by atoms with Crippen LogP contribution >= 0.6 is 0 Å². The summed E-state index contributed by atoms with van der Waals surface area (Å²) in [6.45, 7) is 2.65. The molecule has 2 amide bonds. The summed E-state index contributed by atoms with van der Waals surface area (Å²) in [6, 6.07) is 10.5. The predicted molar refractivity (Wildman–Crippen MR) is 127 cm³/mol. The minimum atomic E-state index is -4.68. The molecule has 2 aromatic heterocycles. The Balaban J connectivity index is 1.56. The van der Waals surface area contributed by atoms with Crippen LogP contribution in [0, 0.1) is 5.95 Å². The number of benzene rings is 1. The van der Waals surface area contributed by atoms with Crippen molar-refractivity contribution in [3.63, 3.8) is 0 Å². The second kappa shape index (κ2) is 10.9. The molecule has 3 heterocycles. The van der Waals surface area contributed by atoms with Gasteiger partial charge in [0.1, 0.15) is 18.8 Å². The Morgan fingerprint density at radius 2 is 1.82 bits per heavy atom. The summed E-state index contributed by atoms with van der Waals surface area (Å²) in [5.41, 5.74) is 0.0506. The molecule has 1 aliphatic heterocycles. The summed E-state index contributed by atoms with van der Waals surface area (Å²) in [4.78, 5) is 31.3. The van der Waals surface area contributed by atoms with Crippen LogP contribution in [0.3, 0.4) is 0 Å². The maximum Gasteiger partial charge on any atom is 0.435 e. The number of carbonyl (C=O) groups excluding carboxylic acids is 2. The van der Waals surface area contributed by atoms with Gasteiger partial charge in [-0.3, -0.25) is 14.3 Å². The fourth-order valence-corrected chi connectivity index (χ4v) is 4.40. The van der Waals surface area contributed by atoms with Crippen LogP contribution in [0.15, 0.2) is 54.7 Å². The van der Waals surface area contributed by atoms with E-state index in [9.17, 15) is 31.5 Å². The number of rotatable bonds is 7. The zero-order valence-electron chi connectivity index (χ0n) is 20.6. The predicted octanol–water partition coefficient (Wildman–Crippen LogP) is 4.40. The summed E-state index contributed by atoms with van der Waals surface area (Å²) in [6.07, 6.45) is -5.48. The van der Waals surface area contributed by atoms with E-state index in [0.29, 0.717) is 11.1 Å². The monoisotopic (exact) mass is 535 g/mol. The molecule has 3 aromatic rings. The molecule has 4 rings (SSSR count). The molecule has 7 nitrogen and oxygen atoms in total. The molecule has 3 atom stereocenters. The third-order valence-corrected chi connectivity index (χ3v) is 6.34. The van der Waals surface area contributed by atoms with Crippen LogP contribution in [0.25, 0.3) is 0 Å². The summed E-state index contributed by atoms with van der Waals surface area (Å²) in [5, 5.41) is 6.10. The van der Waals surface area contributed by atoms with E-state index in [1.54, 1.807) is 42.5 Å². The third kappa shape index (κ3) is 6.00. The van der Waals surface area contributed by atoms with Gasteiger partial charge in [-0.1, -0.05) is 50.2 Å². The van der Waals surface area contributed by atoms with Gasteiger partial charge in [0.05, 0.1) is 18.3 Å². The van der Waals surface area contributed by atoms with E-state index in [1.807, 2.05) is 13.8 Å². The van der Waals surface area contributed by atoms with Crippen molar-refractivity contribution in [1.82, 2.24) is 25.0 Å². The standard InChI is InChI=1S/C26H26F5N5O2/c1-15(2)18-8-9-19(32-24(18)28)23(16-6-4-3-5-7-16)33-25(38)20-12-17(27)13-36(20)22(37)14-35-11-10-21(34-35)26(29,30)31/h3-11,15,17,20,23H,12-14H2,1-2H3,(H,33,38). The topological polar surface area (TPSA) is 80.1 Å². The number of nitrogens with zero attached hydrogens (tertiary/aromatic N) is 4. The summed E-state index contributed by atoms with van der Waals surface area (Å²) < 4.78 is 68.4. The van der Waals surface area contributed by atoms with Crippen molar-refractivity contribution in [2.75, 3.05) is 6.54 Å². The van der Waals surface area contributed by atoms with Crippen molar-refractivity contribution in [3.05, 3.63) is 83.2 Å². The van der Waals surface area contributed by atoms with Gasteiger partial charge < -0.3 is 10.2 Å². The zero-order valence-corrected chi connectivity index (χ0v) is 20.6. The smallest absolute Gasteiger partial charge is 0.342 e. The first-order valence-corrected chi connectivity index (χ1v) is 12.0. The Bertz CT molecular complexity index is 1290. The SMILES string of the molecule is CC(C)c1ccc(C(NC(=O)C2CC(F)CN2C(=O)Cn2ccc(C(F)(F)F)n2)c2ccccc2)nc1F. The molecule has 38 heavy (non-hydrogen) atoms. The summed E-state index contributed by atoms with van der Waals surface area (Å²) in [7, 11) is 0. The van der Waals surface area contributed by atoms with E-state index in [0.717, 1.165) is 21.8 Å². The highest BCUT2D eigenvalue weighted by Crippen LogP contribution is 2.28. The van der Waals surface area contributed by atoms with Crippen molar-refractivity contribution in [3.8, 4) is 0 Å². The second-order valence-electron chi connectivity index (χ2n) is 9.41. The number of aromatic nitrogens is 3. The first kappa shape index (κ1) is 27.2. The first-order valence-electron chi connectivity index (χ1n) is 12.0. The van der Waals surface area contributed by atoms with E-state index in [1.165, 1.54) is 0 Å². The molecule has 1 N–H and O–H groups in total. The molecule has 0 radical (unpaired) electrons. The molecule has 1 fully saturated rings. The van der Waals surface area contributed by atoms with E-state index in [2.05, 4.69) is 15.4 Å². The van der Waals surface area contributed by atoms with Crippen molar-refractivity contribution >= 4 is 11.8 Å². The fourth-order valence-electron chi connectivity index (χ4n) is 4.40. The van der Waals surface area contributed by atoms with Crippen molar-refractivity contribution in [2.45, 2.75) is 57.2 Å². The van der Waals surface area contributed by atoms with Crippen LogP contribution in [0.2, 0.25) is 0 Å². The highest BCUT2D eigenvalue weighted by Gasteiger charge is 2.41. The molecule has 12 heteroatoms. The van der Waals surface area contributed by atoms with E-state index in [-0.39, 0.29) is 18.0 Å². The Hall–Kier alpha value is -3.83. The van der Waals surface area contributed by atoms with Crippen LogP contribution in [0.1, 0.15) is 54.7 Å². The highest BCUT2D eigenvalue weighted by atomic mass is 19.4.